The molecule has 0 amide bonds. The fourth-order valence-corrected chi connectivity index (χ4v) is 1.33. The highest BCUT2D eigenvalue weighted by atomic mass is 79.9. The lowest BCUT2D eigenvalue weighted by atomic mass is 10.3. The fraction of sp³-hybridized carbons (Fsp3) is 0.100. The van der Waals surface area contributed by atoms with Crippen LogP contribution in [-0.4, -0.2) is 22.6 Å². The van der Waals surface area contributed by atoms with Crippen molar-refractivity contribution < 1.29 is 24.0 Å². The number of halogens is 2. The van der Waals surface area contributed by atoms with Gasteiger partial charge in [0.05, 0.1) is 15.0 Å². The lowest BCUT2D eigenvalue weighted by Crippen LogP contribution is -2.10. The van der Waals surface area contributed by atoms with Crippen molar-refractivity contribution in [3.8, 4) is 5.75 Å². The van der Waals surface area contributed by atoms with Crippen molar-refractivity contribution >= 4 is 27.6 Å². The number of carboxylic acids is 1. The Morgan fingerprint density at radius 1 is 1.61 bits per heavy atom. The summed E-state index contributed by atoms with van der Waals surface area (Å²) in [6.45, 7) is 2.71. The second-order valence-electron chi connectivity index (χ2n) is 3.19. The normalized spacial score (nSPS) is 9.89. The number of nitro benzene ring substituents is 1. The Hall–Kier alpha value is -1.96. The third-order valence-corrected chi connectivity index (χ3v) is 2.51. The molecule has 1 aromatic rings. The molecule has 0 fully saturated rings. The zero-order valence-electron chi connectivity index (χ0n) is 8.85. The molecule has 1 N–H and O–H groups in total. The van der Waals surface area contributed by atoms with Crippen LogP contribution in [0.25, 0.3) is 0 Å². The Morgan fingerprint density at radius 2 is 2.22 bits per heavy atom. The molecule has 1 rings (SSSR count). The van der Waals surface area contributed by atoms with Crippen molar-refractivity contribution in [3.63, 3.8) is 0 Å². The minimum atomic E-state index is -1.30. The monoisotopic (exact) mass is 319 g/mol. The van der Waals surface area contributed by atoms with Gasteiger partial charge in [-0.05, 0) is 15.9 Å². The number of hydrogen-bond acceptors (Lipinski definition) is 4. The van der Waals surface area contributed by atoms with Gasteiger partial charge in [-0.1, -0.05) is 6.58 Å². The first-order valence-electron chi connectivity index (χ1n) is 4.50. The summed E-state index contributed by atoms with van der Waals surface area (Å²) >= 11 is 2.81. The zero-order valence-corrected chi connectivity index (χ0v) is 10.4. The number of ether oxygens (including phenoxy) is 1. The van der Waals surface area contributed by atoms with Gasteiger partial charge >= 0.3 is 11.7 Å². The molecular weight excluding hydrogens is 313 g/mol. The third kappa shape index (κ3) is 3.27. The van der Waals surface area contributed by atoms with Crippen molar-refractivity contribution in [3.05, 3.63) is 44.7 Å². The minimum Gasteiger partial charge on any atom is -0.482 e. The second kappa shape index (κ2) is 5.58. The van der Waals surface area contributed by atoms with E-state index in [2.05, 4.69) is 22.5 Å². The molecule has 18 heavy (non-hydrogen) atoms. The Balaban J connectivity index is 3.00. The lowest BCUT2D eigenvalue weighted by molar-refractivity contribution is -0.386. The van der Waals surface area contributed by atoms with Gasteiger partial charge in [0.1, 0.15) is 12.4 Å². The fourth-order valence-electron chi connectivity index (χ4n) is 1.00. The maximum absolute atomic E-state index is 13.2. The molecule has 0 saturated carbocycles. The quantitative estimate of drug-likeness (QED) is 0.511. The second-order valence-corrected chi connectivity index (χ2v) is 4.04. The van der Waals surface area contributed by atoms with Gasteiger partial charge in [-0.15, -0.1) is 0 Å². The molecule has 0 aliphatic carbocycles. The molecule has 0 bridgehead atoms. The summed E-state index contributed by atoms with van der Waals surface area (Å²) in [6.07, 6.45) is 0. The highest BCUT2D eigenvalue weighted by Crippen LogP contribution is 2.32. The summed E-state index contributed by atoms with van der Waals surface area (Å²) in [5.74, 6) is -2.41. The molecule has 96 valence electrons. The predicted molar refractivity (Wildman–Crippen MR) is 63.0 cm³/mol. The number of carbonyl (C=O) groups is 1. The summed E-state index contributed by atoms with van der Waals surface area (Å²) in [5, 5.41) is 19.2. The third-order valence-electron chi connectivity index (χ3n) is 1.90. The summed E-state index contributed by atoms with van der Waals surface area (Å²) in [4.78, 5) is 20.4. The van der Waals surface area contributed by atoms with Crippen LogP contribution in [-0.2, 0) is 4.79 Å². The summed E-state index contributed by atoms with van der Waals surface area (Å²) < 4.78 is 18.0. The molecule has 1 aromatic carbocycles. The van der Waals surface area contributed by atoms with E-state index in [1.54, 1.807) is 0 Å². The SMILES string of the molecule is C=C(COc1cc(F)c(Br)cc1[N+](=O)[O-])C(=O)O. The van der Waals surface area contributed by atoms with Gasteiger partial charge in [0, 0.05) is 12.1 Å². The molecule has 0 aromatic heterocycles. The van der Waals surface area contributed by atoms with E-state index in [9.17, 15) is 19.3 Å². The van der Waals surface area contributed by atoms with Crippen molar-refractivity contribution in [2.45, 2.75) is 0 Å². The maximum atomic E-state index is 13.2. The molecular formula is C10H7BrFNO5. The van der Waals surface area contributed by atoms with Gasteiger partial charge in [0.2, 0.25) is 0 Å². The van der Waals surface area contributed by atoms with Crippen molar-refractivity contribution in [1.82, 2.24) is 0 Å². The molecule has 0 radical (unpaired) electrons. The molecule has 0 atom stereocenters. The van der Waals surface area contributed by atoms with E-state index in [0.717, 1.165) is 12.1 Å². The molecule has 0 saturated heterocycles. The van der Waals surface area contributed by atoms with E-state index in [1.807, 2.05) is 0 Å². The van der Waals surface area contributed by atoms with E-state index in [1.165, 1.54) is 0 Å². The van der Waals surface area contributed by atoms with Crippen molar-refractivity contribution in [1.29, 1.82) is 0 Å². The Morgan fingerprint density at radius 3 is 2.72 bits per heavy atom. The largest absolute Gasteiger partial charge is 0.482 e. The molecule has 0 spiro atoms. The van der Waals surface area contributed by atoms with Crippen LogP contribution >= 0.6 is 15.9 Å². The highest BCUT2D eigenvalue weighted by molar-refractivity contribution is 9.10. The standard InChI is InChI=1S/C10H7BrFNO5/c1-5(10(14)15)4-18-9-3-7(12)6(11)2-8(9)13(16)17/h2-3H,1,4H2,(H,14,15). The van der Waals surface area contributed by atoms with Crippen molar-refractivity contribution in [2.75, 3.05) is 6.61 Å². The summed E-state index contributed by atoms with van der Waals surface area (Å²) in [7, 11) is 0. The van der Waals surface area contributed by atoms with Crippen LogP contribution in [0.1, 0.15) is 0 Å². The summed E-state index contributed by atoms with van der Waals surface area (Å²) in [6, 6.07) is 1.74. The average molecular weight is 320 g/mol. The predicted octanol–water partition coefficient (Wildman–Crippen LogP) is 2.52. The first-order chi connectivity index (χ1) is 8.32. The first-order valence-corrected chi connectivity index (χ1v) is 5.29. The number of carboxylic acid groups (broad SMARTS) is 1. The van der Waals surface area contributed by atoms with Crippen LogP contribution in [0.2, 0.25) is 0 Å². The molecule has 0 aliphatic heterocycles. The van der Waals surface area contributed by atoms with Crippen LogP contribution in [0.4, 0.5) is 10.1 Å². The van der Waals surface area contributed by atoms with E-state index in [-0.39, 0.29) is 15.8 Å². The van der Waals surface area contributed by atoms with Gasteiger partial charge in [0.15, 0.2) is 5.75 Å². The summed E-state index contributed by atoms with van der Waals surface area (Å²) in [5.41, 5.74) is -0.769. The van der Waals surface area contributed by atoms with Crippen LogP contribution in [0, 0.1) is 15.9 Å². The number of aliphatic carboxylic acids is 1. The zero-order chi connectivity index (χ0) is 13.9. The maximum Gasteiger partial charge on any atom is 0.334 e. The molecule has 8 heteroatoms. The van der Waals surface area contributed by atoms with Gasteiger partial charge in [-0.2, -0.15) is 0 Å². The molecule has 0 aliphatic rings. The highest BCUT2D eigenvalue weighted by Gasteiger charge is 2.19. The topological polar surface area (TPSA) is 89.7 Å². The van der Waals surface area contributed by atoms with Crippen LogP contribution in [0.5, 0.6) is 5.75 Å². The van der Waals surface area contributed by atoms with E-state index in [4.69, 9.17) is 9.84 Å². The van der Waals surface area contributed by atoms with E-state index >= 15 is 0 Å². The van der Waals surface area contributed by atoms with Gasteiger partial charge in [-0.3, -0.25) is 10.1 Å². The van der Waals surface area contributed by atoms with Crippen molar-refractivity contribution in [2.24, 2.45) is 0 Å². The molecule has 6 nitrogen and oxygen atoms in total. The average Bonchev–Trinajstić information content (AvgIpc) is 2.29. The number of benzene rings is 1. The smallest absolute Gasteiger partial charge is 0.334 e. The van der Waals surface area contributed by atoms with Crippen LogP contribution < -0.4 is 4.74 Å². The number of nitro groups is 1. The number of nitrogens with zero attached hydrogens (tertiary/aromatic N) is 1. The van der Waals surface area contributed by atoms with Gasteiger partial charge in [0.25, 0.3) is 0 Å². The molecule has 0 unspecified atom stereocenters. The van der Waals surface area contributed by atoms with Crippen LogP contribution in [0.15, 0.2) is 28.8 Å². The Bertz CT molecular complexity index is 531. The Labute approximate surface area is 109 Å². The minimum absolute atomic E-state index is 0.0846. The van der Waals surface area contributed by atoms with E-state index < -0.39 is 29.0 Å². The number of rotatable bonds is 5. The Kier molecular flexibility index (Phi) is 4.38. The first kappa shape index (κ1) is 14.1. The molecule has 0 heterocycles. The van der Waals surface area contributed by atoms with Gasteiger partial charge < -0.3 is 9.84 Å². The van der Waals surface area contributed by atoms with Crippen LogP contribution in [0.3, 0.4) is 0 Å². The van der Waals surface area contributed by atoms with Gasteiger partial charge in [-0.25, -0.2) is 9.18 Å². The number of hydrogen-bond donors (Lipinski definition) is 1. The lowest BCUT2D eigenvalue weighted by Gasteiger charge is -2.07. The van der Waals surface area contributed by atoms with E-state index in [0.29, 0.717) is 0 Å².